The minimum absolute atomic E-state index is 0.00835. The van der Waals surface area contributed by atoms with Gasteiger partial charge in [0.25, 0.3) is 5.91 Å². The van der Waals surface area contributed by atoms with E-state index in [1.807, 2.05) is 0 Å². The van der Waals surface area contributed by atoms with E-state index in [2.05, 4.69) is 9.71 Å². The van der Waals surface area contributed by atoms with Crippen LogP contribution >= 0.6 is 0 Å². The summed E-state index contributed by atoms with van der Waals surface area (Å²) in [6.07, 6.45) is 1.20. The Morgan fingerprint density at radius 2 is 1.88 bits per heavy atom. The highest BCUT2D eigenvalue weighted by Gasteiger charge is 2.22. The van der Waals surface area contributed by atoms with E-state index in [0.717, 1.165) is 11.0 Å². The van der Waals surface area contributed by atoms with Gasteiger partial charge >= 0.3 is 0 Å². The summed E-state index contributed by atoms with van der Waals surface area (Å²) < 4.78 is 53.5. The van der Waals surface area contributed by atoms with Crippen LogP contribution in [0.15, 0.2) is 29.3 Å². The topological polar surface area (TPSA) is 82.3 Å². The number of halogens is 2. The Morgan fingerprint density at radius 1 is 1.24 bits per heavy atom. The van der Waals surface area contributed by atoms with E-state index < -0.39 is 27.6 Å². The third-order valence-corrected chi connectivity index (χ3v) is 5.11. The molecule has 25 heavy (non-hydrogen) atoms. The maximum atomic E-state index is 13.5. The van der Waals surface area contributed by atoms with Gasteiger partial charge < -0.3 is 9.88 Å². The normalized spacial score (nSPS) is 11.8. The molecule has 0 unspecified atom stereocenters. The van der Waals surface area contributed by atoms with E-state index in [-0.39, 0.29) is 27.9 Å². The largest absolute Gasteiger partial charge is 0.356 e. The molecule has 0 aliphatic rings. The molecule has 1 amide bonds. The van der Waals surface area contributed by atoms with Crippen LogP contribution in [0, 0.1) is 18.6 Å². The summed E-state index contributed by atoms with van der Waals surface area (Å²) in [5, 5.41) is 0. The van der Waals surface area contributed by atoms with Gasteiger partial charge in [0.05, 0.1) is 0 Å². The molecule has 2 aromatic rings. The zero-order chi connectivity index (χ0) is 18.9. The number of sulfonamides is 1. The minimum Gasteiger partial charge on any atom is -0.356 e. The minimum atomic E-state index is -3.74. The third-order valence-electron chi connectivity index (χ3n) is 3.47. The molecule has 9 heteroatoms. The molecule has 0 bridgehead atoms. The lowest BCUT2D eigenvalue weighted by Crippen LogP contribution is -2.30. The van der Waals surface area contributed by atoms with Crippen molar-refractivity contribution in [1.82, 2.24) is 9.71 Å². The molecule has 0 aliphatic carbocycles. The highest BCUT2D eigenvalue weighted by molar-refractivity contribution is 7.89. The molecule has 0 atom stereocenters. The quantitative estimate of drug-likeness (QED) is 0.847. The zero-order valence-electron chi connectivity index (χ0n) is 14.2. The summed E-state index contributed by atoms with van der Waals surface area (Å²) in [6.45, 7) is 4.74. The molecule has 1 heterocycles. The van der Waals surface area contributed by atoms with Crippen molar-refractivity contribution in [1.29, 1.82) is 0 Å². The lowest BCUT2D eigenvalue weighted by molar-refractivity contribution is 0.0988. The lowest BCUT2D eigenvalue weighted by Gasteiger charge is -2.17. The average Bonchev–Trinajstić information content (AvgIpc) is 3.00. The van der Waals surface area contributed by atoms with Crippen LogP contribution in [0.3, 0.4) is 0 Å². The first kappa shape index (κ1) is 19.1. The SMILES string of the molecule is Cc1cc(N(C)C(=O)c2cc(S(=O)(=O)NC(C)C)c[nH]2)cc(F)c1F. The molecule has 1 aromatic carbocycles. The van der Waals surface area contributed by atoms with Crippen LogP contribution in [0.5, 0.6) is 0 Å². The highest BCUT2D eigenvalue weighted by atomic mass is 32.2. The van der Waals surface area contributed by atoms with Crippen LogP contribution < -0.4 is 9.62 Å². The van der Waals surface area contributed by atoms with Crippen molar-refractivity contribution in [3.8, 4) is 0 Å². The third kappa shape index (κ3) is 4.05. The number of aryl methyl sites for hydroxylation is 1. The van der Waals surface area contributed by atoms with E-state index in [9.17, 15) is 22.0 Å². The number of nitrogens with zero attached hydrogens (tertiary/aromatic N) is 1. The molecule has 0 saturated heterocycles. The van der Waals surface area contributed by atoms with Crippen molar-refractivity contribution >= 4 is 21.6 Å². The van der Waals surface area contributed by atoms with E-state index in [1.165, 1.54) is 32.3 Å². The summed E-state index contributed by atoms with van der Waals surface area (Å²) in [5.74, 6) is -2.63. The summed E-state index contributed by atoms with van der Waals surface area (Å²) in [7, 11) is -2.36. The molecular weight excluding hydrogens is 352 g/mol. The summed E-state index contributed by atoms with van der Waals surface area (Å²) in [5.41, 5.74) is 0.222. The summed E-state index contributed by atoms with van der Waals surface area (Å²) in [4.78, 5) is 16.1. The van der Waals surface area contributed by atoms with Crippen molar-refractivity contribution in [2.24, 2.45) is 0 Å². The number of rotatable bonds is 5. The van der Waals surface area contributed by atoms with Crippen LogP contribution in [0.4, 0.5) is 14.5 Å². The van der Waals surface area contributed by atoms with Gasteiger partial charge in [-0.3, -0.25) is 4.79 Å². The van der Waals surface area contributed by atoms with Crippen molar-refractivity contribution in [2.75, 3.05) is 11.9 Å². The first-order chi connectivity index (χ1) is 11.5. The number of aromatic nitrogens is 1. The summed E-state index contributed by atoms with van der Waals surface area (Å²) >= 11 is 0. The van der Waals surface area contributed by atoms with E-state index in [4.69, 9.17) is 0 Å². The Hall–Kier alpha value is -2.26. The van der Waals surface area contributed by atoms with Crippen molar-refractivity contribution < 1.29 is 22.0 Å². The number of hydrogen-bond donors (Lipinski definition) is 2. The molecular formula is C16H19F2N3O3S. The fraction of sp³-hybridized carbons (Fsp3) is 0.312. The highest BCUT2D eigenvalue weighted by Crippen LogP contribution is 2.22. The Labute approximate surface area is 144 Å². The number of nitrogens with one attached hydrogen (secondary N) is 2. The standard InChI is InChI=1S/C16H19F2N3O3S/c1-9(2)20-25(23,24)12-7-14(19-8-12)16(22)21(4)11-5-10(3)15(18)13(17)6-11/h5-9,19-20H,1-4H3. The maximum absolute atomic E-state index is 13.5. The van der Waals surface area contributed by atoms with Gasteiger partial charge in [0.1, 0.15) is 10.6 Å². The summed E-state index contributed by atoms with van der Waals surface area (Å²) in [6, 6.07) is 3.13. The monoisotopic (exact) mass is 371 g/mol. The van der Waals surface area contributed by atoms with Gasteiger partial charge in [0, 0.05) is 31.0 Å². The van der Waals surface area contributed by atoms with Gasteiger partial charge in [0.2, 0.25) is 10.0 Å². The van der Waals surface area contributed by atoms with Gasteiger partial charge in [-0.05, 0) is 38.5 Å². The smallest absolute Gasteiger partial charge is 0.274 e. The van der Waals surface area contributed by atoms with Crippen LogP contribution in [0.2, 0.25) is 0 Å². The average molecular weight is 371 g/mol. The second kappa shape index (κ2) is 6.93. The predicted octanol–water partition coefficient (Wildman–Crippen LogP) is 2.56. The number of carbonyl (C=O) groups is 1. The van der Waals surface area contributed by atoms with Gasteiger partial charge in [-0.2, -0.15) is 0 Å². The van der Waals surface area contributed by atoms with Crippen molar-refractivity contribution in [3.63, 3.8) is 0 Å². The first-order valence-electron chi connectivity index (χ1n) is 7.47. The molecule has 0 aliphatic heterocycles. The molecule has 0 saturated carbocycles. The van der Waals surface area contributed by atoms with Gasteiger partial charge in [-0.25, -0.2) is 21.9 Å². The lowest BCUT2D eigenvalue weighted by atomic mass is 10.2. The Bertz CT molecular complexity index is 884. The second-order valence-corrected chi connectivity index (χ2v) is 7.66. The molecule has 1 aromatic heterocycles. The van der Waals surface area contributed by atoms with Crippen molar-refractivity contribution in [2.45, 2.75) is 31.7 Å². The molecule has 2 rings (SSSR count). The number of amides is 1. The van der Waals surface area contributed by atoms with E-state index in [0.29, 0.717) is 0 Å². The number of H-pyrrole nitrogens is 1. The fourth-order valence-electron chi connectivity index (χ4n) is 2.23. The fourth-order valence-corrected chi connectivity index (χ4v) is 3.48. The Kier molecular flexibility index (Phi) is 5.28. The molecule has 0 fully saturated rings. The van der Waals surface area contributed by atoms with E-state index >= 15 is 0 Å². The van der Waals surface area contributed by atoms with Gasteiger partial charge in [-0.15, -0.1) is 0 Å². The number of hydrogen-bond acceptors (Lipinski definition) is 3. The zero-order valence-corrected chi connectivity index (χ0v) is 15.0. The Morgan fingerprint density at radius 3 is 2.44 bits per heavy atom. The predicted molar refractivity (Wildman–Crippen MR) is 90.1 cm³/mol. The van der Waals surface area contributed by atoms with Gasteiger partial charge in [-0.1, -0.05) is 0 Å². The van der Waals surface area contributed by atoms with Crippen molar-refractivity contribution in [3.05, 3.63) is 47.3 Å². The first-order valence-corrected chi connectivity index (χ1v) is 8.95. The number of aromatic amines is 1. The van der Waals surface area contributed by atoms with E-state index in [1.54, 1.807) is 13.8 Å². The van der Waals surface area contributed by atoms with Crippen LogP contribution in [0.1, 0.15) is 29.9 Å². The second-order valence-electron chi connectivity index (χ2n) is 5.95. The van der Waals surface area contributed by atoms with Crippen LogP contribution in [0.25, 0.3) is 0 Å². The molecule has 6 nitrogen and oxygen atoms in total. The van der Waals surface area contributed by atoms with Gasteiger partial charge in [0.15, 0.2) is 11.6 Å². The Balaban J connectivity index is 2.30. The number of carbonyl (C=O) groups excluding carboxylic acids is 1. The molecule has 2 N–H and O–H groups in total. The number of benzene rings is 1. The van der Waals surface area contributed by atoms with Crippen LogP contribution in [-0.4, -0.2) is 32.4 Å². The molecule has 0 spiro atoms. The van der Waals surface area contributed by atoms with Crippen LogP contribution in [-0.2, 0) is 10.0 Å². The molecule has 0 radical (unpaired) electrons. The maximum Gasteiger partial charge on any atom is 0.274 e. The molecule has 136 valence electrons. The number of anilines is 1.